The Kier molecular flexibility index (Phi) is 7.90. The van der Waals surface area contributed by atoms with Gasteiger partial charge >= 0.3 is 6.18 Å². The molecule has 13 heteroatoms. The van der Waals surface area contributed by atoms with Crippen molar-refractivity contribution in [3.63, 3.8) is 0 Å². The Morgan fingerprint density at radius 2 is 1.73 bits per heavy atom. The summed E-state index contributed by atoms with van der Waals surface area (Å²) >= 11 is 0. The van der Waals surface area contributed by atoms with E-state index in [1.807, 2.05) is 26.0 Å². The minimum atomic E-state index is -4.54. The van der Waals surface area contributed by atoms with E-state index in [0.717, 1.165) is 49.6 Å². The highest BCUT2D eigenvalue weighted by Gasteiger charge is 2.31. The van der Waals surface area contributed by atoms with Crippen molar-refractivity contribution in [3.05, 3.63) is 83.3 Å². The van der Waals surface area contributed by atoms with E-state index in [2.05, 4.69) is 48.1 Å². The van der Waals surface area contributed by atoms with E-state index < -0.39 is 17.6 Å². The Labute approximate surface area is 235 Å². The molecule has 0 unspecified atom stereocenters. The average Bonchev–Trinajstić information content (AvgIpc) is 3.31. The van der Waals surface area contributed by atoms with Gasteiger partial charge in [0.2, 0.25) is 0 Å². The van der Waals surface area contributed by atoms with Gasteiger partial charge in [0, 0.05) is 55.2 Å². The van der Waals surface area contributed by atoms with Gasteiger partial charge in [-0.05, 0) is 56.8 Å². The minimum absolute atomic E-state index is 0.0895. The van der Waals surface area contributed by atoms with Gasteiger partial charge in [-0.1, -0.05) is 12.1 Å². The van der Waals surface area contributed by atoms with Crippen LogP contribution in [0.15, 0.2) is 60.9 Å². The molecule has 0 radical (unpaired) electrons. The number of nitrogens with zero attached hydrogens (tertiary/aromatic N) is 6. The highest BCUT2D eigenvalue weighted by atomic mass is 19.4. The second-order valence-electron chi connectivity index (χ2n) is 9.93. The molecule has 1 fully saturated rings. The molecular weight excluding hydrogens is 535 g/mol. The number of hydrazine groups is 1. The first-order valence-electron chi connectivity index (χ1n) is 13.0. The number of aryl methyl sites for hydroxylation is 2. The van der Waals surface area contributed by atoms with E-state index in [0.29, 0.717) is 28.8 Å². The maximum Gasteiger partial charge on any atom is 0.416 e. The Bertz CT molecular complexity index is 1550. The van der Waals surface area contributed by atoms with Gasteiger partial charge < -0.3 is 21.0 Å². The van der Waals surface area contributed by atoms with Gasteiger partial charge in [-0.25, -0.2) is 15.0 Å². The van der Waals surface area contributed by atoms with Crippen LogP contribution in [-0.2, 0) is 6.18 Å². The third kappa shape index (κ3) is 6.81. The van der Waals surface area contributed by atoms with Crippen molar-refractivity contribution in [2.24, 2.45) is 0 Å². The van der Waals surface area contributed by atoms with Crippen molar-refractivity contribution >= 4 is 28.9 Å². The number of anilines is 4. The average molecular weight is 566 g/mol. The molecule has 3 heterocycles. The molecular formula is C28H30F3N9O. The van der Waals surface area contributed by atoms with Crippen molar-refractivity contribution in [1.82, 2.24) is 29.7 Å². The molecule has 0 saturated carbocycles. The number of halogens is 3. The summed E-state index contributed by atoms with van der Waals surface area (Å²) in [5.41, 5.74) is 5.10. The summed E-state index contributed by atoms with van der Waals surface area (Å²) in [5, 5.41) is 12.7. The fourth-order valence-corrected chi connectivity index (χ4v) is 4.38. The molecule has 41 heavy (non-hydrogen) atoms. The predicted molar refractivity (Wildman–Crippen MR) is 150 cm³/mol. The lowest BCUT2D eigenvalue weighted by Crippen LogP contribution is -2.47. The van der Waals surface area contributed by atoms with Crippen molar-refractivity contribution in [2.45, 2.75) is 20.0 Å². The Balaban J connectivity index is 1.34. The van der Waals surface area contributed by atoms with E-state index >= 15 is 0 Å². The molecule has 2 aromatic carbocycles. The van der Waals surface area contributed by atoms with Gasteiger partial charge in [0.1, 0.15) is 18.0 Å². The highest BCUT2D eigenvalue weighted by Crippen LogP contribution is 2.30. The largest absolute Gasteiger partial charge is 0.416 e. The van der Waals surface area contributed by atoms with Crippen LogP contribution >= 0.6 is 0 Å². The zero-order valence-corrected chi connectivity index (χ0v) is 22.8. The van der Waals surface area contributed by atoms with E-state index in [4.69, 9.17) is 0 Å². The molecule has 2 aromatic heterocycles. The van der Waals surface area contributed by atoms with Crippen LogP contribution in [0.2, 0.25) is 0 Å². The highest BCUT2D eigenvalue weighted by molar-refractivity contribution is 6.04. The normalized spacial score (nSPS) is 14.6. The molecule has 1 saturated heterocycles. The first-order valence-corrected chi connectivity index (χ1v) is 13.0. The van der Waals surface area contributed by atoms with E-state index in [1.165, 1.54) is 18.5 Å². The molecule has 4 aromatic rings. The molecule has 1 aliphatic heterocycles. The van der Waals surface area contributed by atoms with Gasteiger partial charge in [-0.15, -0.1) is 0 Å². The summed E-state index contributed by atoms with van der Waals surface area (Å²) < 4.78 is 41.0. The zero-order chi connectivity index (χ0) is 29.1. The van der Waals surface area contributed by atoms with E-state index in [1.54, 1.807) is 22.9 Å². The number of aromatic nitrogens is 4. The number of piperazine rings is 1. The lowest BCUT2D eigenvalue weighted by molar-refractivity contribution is -0.137. The van der Waals surface area contributed by atoms with Crippen LogP contribution in [0, 0.1) is 13.8 Å². The Morgan fingerprint density at radius 1 is 0.951 bits per heavy atom. The second-order valence-corrected chi connectivity index (χ2v) is 9.93. The fourth-order valence-electron chi connectivity index (χ4n) is 4.38. The molecule has 1 aliphatic rings. The molecule has 0 atom stereocenters. The van der Waals surface area contributed by atoms with Gasteiger partial charge in [0.25, 0.3) is 5.91 Å². The van der Waals surface area contributed by atoms with Crippen LogP contribution in [0.3, 0.4) is 0 Å². The summed E-state index contributed by atoms with van der Waals surface area (Å²) in [6.45, 7) is 7.40. The molecule has 0 aliphatic carbocycles. The quantitative estimate of drug-likeness (QED) is 0.292. The predicted octanol–water partition coefficient (Wildman–Crippen LogP) is 4.87. The SMILES string of the molecule is Cc1cc(Nc2cc(NC(=O)c3cccc(C(F)(F)F)c3)ccc2C)n(-c2cc(NN3CCN(C)CC3)ncn2)n1. The third-order valence-electron chi connectivity index (χ3n) is 6.69. The topological polar surface area (TPSA) is 103 Å². The molecule has 0 spiro atoms. The van der Waals surface area contributed by atoms with Crippen LogP contribution in [0.4, 0.5) is 36.2 Å². The zero-order valence-electron chi connectivity index (χ0n) is 22.8. The molecule has 214 valence electrons. The first-order chi connectivity index (χ1) is 19.5. The number of likely N-dealkylation sites (N-methyl/N-ethyl adjacent to an activating group) is 1. The lowest BCUT2D eigenvalue weighted by Gasteiger charge is -2.32. The van der Waals surface area contributed by atoms with Gasteiger partial charge in [0.15, 0.2) is 5.82 Å². The van der Waals surface area contributed by atoms with Crippen LogP contribution in [-0.4, -0.2) is 68.8 Å². The van der Waals surface area contributed by atoms with Gasteiger partial charge in [0.05, 0.1) is 11.3 Å². The maximum absolute atomic E-state index is 13.1. The van der Waals surface area contributed by atoms with Gasteiger partial charge in [-0.3, -0.25) is 4.79 Å². The van der Waals surface area contributed by atoms with Crippen LogP contribution in [0.1, 0.15) is 27.2 Å². The Hall–Kier alpha value is -4.49. The van der Waals surface area contributed by atoms with Crippen LogP contribution < -0.4 is 16.1 Å². The van der Waals surface area contributed by atoms with Gasteiger partial charge in [-0.2, -0.15) is 23.0 Å². The number of amides is 1. The minimum Gasteiger partial charge on any atom is -0.340 e. The lowest BCUT2D eigenvalue weighted by atomic mass is 10.1. The third-order valence-corrected chi connectivity index (χ3v) is 6.69. The summed E-state index contributed by atoms with van der Waals surface area (Å²) in [4.78, 5) is 23.8. The Morgan fingerprint density at radius 3 is 2.49 bits per heavy atom. The maximum atomic E-state index is 13.1. The smallest absolute Gasteiger partial charge is 0.340 e. The molecule has 5 rings (SSSR count). The molecule has 1 amide bonds. The van der Waals surface area contributed by atoms with Crippen LogP contribution in [0.5, 0.6) is 0 Å². The first kappa shape index (κ1) is 28.1. The van der Waals surface area contributed by atoms with Crippen molar-refractivity contribution < 1.29 is 18.0 Å². The monoisotopic (exact) mass is 565 g/mol. The van der Waals surface area contributed by atoms with Crippen LogP contribution in [0.25, 0.3) is 5.82 Å². The number of rotatable bonds is 7. The number of hydrogen-bond donors (Lipinski definition) is 3. The number of hydrogen-bond acceptors (Lipinski definition) is 8. The van der Waals surface area contributed by atoms with E-state index in [9.17, 15) is 18.0 Å². The summed E-state index contributed by atoms with van der Waals surface area (Å²) in [7, 11) is 2.09. The van der Waals surface area contributed by atoms with Crippen molar-refractivity contribution in [2.75, 3.05) is 49.3 Å². The molecule has 3 N–H and O–H groups in total. The summed E-state index contributed by atoms with van der Waals surface area (Å²) in [5.74, 6) is 1.19. The van der Waals surface area contributed by atoms with E-state index in [-0.39, 0.29) is 5.56 Å². The van der Waals surface area contributed by atoms with Crippen molar-refractivity contribution in [1.29, 1.82) is 0 Å². The fraction of sp³-hybridized carbons (Fsp3) is 0.286. The molecule has 10 nitrogen and oxygen atoms in total. The number of benzene rings is 2. The number of nitrogens with one attached hydrogen (secondary N) is 3. The number of carbonyl (C=O) groups is 1. The van der Waals surface area contributed by atoms with Crippen molar-refractivity contribution in [3.8, 4) is 5.82 Å². The standard InChI is InChI=1S/C28H30F3N9O/c1-18-7-8-22(34-27(41)20-5-4-6-21(14-20)28(29,30)31)15-23(18)35-26-13-19(2)36-40(26)25-16-24(32-17-33-25)37-39-11-9-38(3)10-12-39/h4-8,13-17,35H,9-12H2,1-3H3,(H,34,41)(H,32,33,37). The molecule has 0 bridgehead atoms. The summed E-state index contributed by atoms with van der Waals surface area (Å²) in [6, 6.07) is 13.2. The number of carbonyl (C=O) groups excluding carboxylic acids is 1. The number of alkyl halides is 3. The second kappa shape index (κ2) is 11.6. The summed E-state index contributed by atoms with van der Waals surface area (Å²) in [6.07, 6.45) is -3.06.